The van der Waals surface area contributed by atoms with Crippen LogP contribution in [0.15, 0.2) is 53.4 Å². The number of terminal acetylenes is 1. The van der Waals surface area contributed by atoms with Gasteiger partial charge >= 0.3 is 0 Å². The van der Waals surface area contributed by atoms with Crippen LogP contribution < -0.4 is 4.72 Å². The maximum atomic E-state index is 12.9. The summed E-state index contributed by atoms with van der Waals surface area (Å²) in [7, 11) is -2.19. The van der Waals surface area contributed by atoms with Gasteiger partial charge < -0.3 is 4.90 Å². The molecule has 0 aromatic heterocycles. The van der Waals surface area contributed by atoms with E-state index in [1.807, 2.05) is 0 Å². The highest BCUT2D eigenvalue weighted by atomic mass is 32.2. The molecule has 0 fully saturated rings. The number of nitrogens with zero attached hydrogens (tertiary/aromatic N) is 1. The summed E-state index contributed by atoms with van der Waals surface area (Å²) in [5.74, 6) is 1.49. The molecule has 0 atom stereocenters. The summed E-state index contributed by atoms with van der Waals surface area (Å²) in [5, 5.41) is 0. The van der Waals surface area contributed by atoms with Crippen LogP contribution in [0, 0.1) is 18.2 Å². The first-order chi connectivity index (χ1) is 11.8. The second kappa shape index (κ2) is 7.92. The first-order valence-corrected chi connectivity index (χ1v) is 8.85. The van der Waals surface area contributed by atoms with E-state index in [1.165, 1.54) is 41.3 Å². The van der Waals surface area contributed by atoms with Gasteiger partial charge in [0, 0.05) is 19.2 Å². The molecule has 0 aliphatic heterocycles. The number of hydrogen-bond donors (Lipinski definition) is 1. The summed E-state index contributed by atoms with van der Waals surface area (Å²) in [6.07, 6.45) is 5.05. The van der Waals surface area contributed by atoms with Crippen molar-refractivity contribution in [3.63, 3.8) is 0 Å². The van der Waals surface area contributed by atoms with Crippen LogP contribution in [0.25, 0.3) is 0 Å². The van der Waals surface area contributed by atoms with Gasteiger partial charge in [-0.15, -0.1) is 6.42 Å². The van der Waals surface area contributed by atoms with E-state index < -0.39 is 10.0 Å². The Bertz CT molecular complexity index is 903. The smallest absolute Gasteiger partial charge is 0.253 e. The minimum atomic E-state index is -3.77. The quantitative estimate of drug-likeness (QED) is 0.802. The lowest BCUT2D eigenvalue weighted by atomic mass is 10.1. The van der Waals surface area contributed by atoms with E-state index in [0.717, 1.165) is 5.56 Å². The van der Waals surface area contributed by atoms with Crippen LogP contribution in [0.3, 0.4) is 0 Å². The van der Waals surface area contributed by atoms with E-state index in [4.69, 9.17) is 6.42 Å². The van der Waals surface area contributed by atoms with E-state index in [2.05, 4.69) is 10.6 Å². The van der Waals surface area contributed by atoms with Crippen molar-refractivity contribution in [2.24, 2.45) is 0 Å². The molecule has 130 valence electrons. The Morgan fingerprint density at radius 2 is 1.92 bits per heavy atom. The Kier molecular flexibility index (Phi) is 5.91. The molecular formula is C18H17FN2O3S. The molecule has 2 aromatic rings. The topological polar surface area (TPSA) is 66.5 Å². The van der Waals surface area contributed by atoms with E-state index in [-0.39, 0.29) is 35.3 Å². The fraction of sp³-hybridized carbons (Fsp3) is 0.167. The predicted molar refractivity (Wildman–Crippen MR) is 92.7 cm³/mol. The third kappa shape index (κ3) is 4.89. The molecule has 0 saturated carbocycles. The van der Waals surface area contributed by atoms with Crippen molar-refractivity contribution in [1.29, 1.82) is 0 Å². The van der Waals surface area contributed by atoms with Crippen molar-refractivity contribution in [2.75, 3.05) is 13.6 Å². The third-order valence-corrected chi connectivity index (χ3v) is 4.83. The van der Waals surface area contributed by atoms with Crippen molar-refractivity contribution in [1.82, 2.24) is 9.62 Å². The van der Waals surface area contributed by atoms with Gasteiger partial charge in [0.1, 0.15) is 5.82 Å². The zero-order valence-electron chi connectivity index (χ0n) is 13.6. The summed E-state index contributed by atoms with van der Waals surface area (Å²) in [5.41, 5.74) is 0.991. The molecule has 0 aliphatic carbocycles. The molecule has 25 heavy (non-hydrogen) atoms. The fourth-order valence-electron chi connectivity index (χ4n) is 2.17. The Balaban J connectivity index is 2.17. The van der Waals surface area contributed by atoms with Crippen molar-refractivity contribution in [3.8, 4) is 12.3 Å². The monoisotopic (exact) mass is 360 g/mol. The minimum Gasteiger partial charge on any atom is -0.337 e. The second-order valence-corrected chi connectivity index (χ2v) is 7.11. The zero-order chi connectivity index (χ0) is 18.4. The van der Waals surface area contributed by atoms with E-state index in [1.54, 1.807) is 19.2 Å². The van der Waals surface area contributed by atoms with Gasteiger partial charge in [0.15, 0.2) is 0 Å². The molecule has 7 heteroatoms. The number of carbonyl (C=O) groups is 1. The van der Waals surface area contributed by atoms with Crippen molar-refractivity contribution in [3.05, 3.63) is 65.5 Å². The number of halogens is 1. The van der Waals surface area contributed by atoms with Gasteiger partial charge in [0.05, 0.1) is 11.4 Å². The summed E-state index contributed by atoms with van der Waals surface area (Å²) >= 11 is 0. The predicted octanol–water partition coefficient (Wildman–Crippen LogP) is 2.01. The molecule has 0 unspecified atom stereocenters. The first-order valence-electron chi connectivity index (χ1n) is 7.36. The van der Waals surface area contributed by atoms with Gasteiger partial charge in [0.25, 0.3) is 5.91 Å². The van der Waals surface area contributed by atoms with E-state index >= 15 is 0 Å². The highest BCUT2D eigenvalue weighted by molar-refractivity contribution is 7.89. The average Bonchev–Trinajstić information content (AvgIpc) is 2.61. The van der Waals surface area contributed by atoms with Gasteiger partial charge in [-0.05, 0) is 35.9 Å². The van der Waals surface area contributed by atoms with Crippen LogP contribution in [0.2, 0.25) is 0 Å². The number of nitrogens with one attached hydrogen (secondary N) is 1. The molecule has 0 saturated heterocycles. The Hall–Kier alpha value is -2.69. The van der Waals surface area contributed by atoms with Crippen LogP contribution in [-0.4, -0.2) is 32.8 Å². The lowest BCUT2D eigenvalue weighted by Gasteiger charge is -2.18. The molecular weight excluding hydrogens is 343 g/mol. The number of amides is 1. The molecule has 0 aliphatic rings. The number of benzene rings is 2. The lowest BCUT2D eigenvalue weighted by Crippen LogP contribution is -2.27. The van der Waals surface area contributed by atoms with Gasteiger partial charge in [-0.25, -0.2) is 12.8 Å². The van der Waals surface area contributed by atoms with Gasteiger partial charge in [0.2, 0.25) is 10.0 Å². The SMILES string of the molecule is C#CCNS(=O)(=O)c1cccc(C(=O)N(C)Cc2ccc(F)cc2)c1. The molecule has 2 aromatic carbocycles. The van der Waals surface area contributed by atoms with Gasteiger partial charge in [-0.3, -0.25) is 4.79 Å². The molecule has 2 rings (SSSR count). The molecule has 0 heterocycles. The summed E-state index contributed by atoms with van der Waals surface area (Å²) in [6, 6.07) is 11.5. The average molecular weight is 360 g/mol. The Morgan fingerprint density at radius 3 is 2.56 bits per heavy atom. The fourth-order valence-corrected chi connectivity index (χ4v) is 3.15. The van der Waals surface area contributed by atoms with Crippen LogP contribution in [-0.2, 0) is 16.6 Å². The minimum absolute atomic E-state index is 0.0382. The van der Waals surface area contributed by atoms with E-state index in [9.17, 15) is 17.6 Å². The van der Waals surface area contributed by atoms with Crippen molar-refractivity contribution < 1.29 is 17.6 Å². The molecule has 0 radical (unpaired) electrons. The van der Waals surface area contributed by atoms with E-state index in [0.29, 0.717) is 0 Å². The standard InChI is InChI=1S/C18H17FN2O3S/c1-3-11-20-25(23,24)17-6-4-5-15(12-17)18(22)21(2)13-14-7-9-16(19)10-8-14/h1,4-10,12,20H,11,13H2,2H3. The molecule has 0 bridgehead atoms. The summed E-state index contributed by atoms with van der Waals surface area (Å²) in [4.78, 5) is 13.9. The second-order valence-electron chi connectivity index (χ2n) is 5.34. The van der Waals surface area contributed by atoms with Crippen molar-refractivity contribution in [2.45, 2.75) is 11.4 Å². The lowest BCUT2D eigenvalue weighted by molar-refractivity contribution is 0.0785. The van der Waals surface area contributed by atoms with Crippen LogP contribution in [0.4, 0.5) is 4.39 Å². The van der Waals surface area contributed by atoms with Crippen LogP contribution in [0.1, 0.15) is 15.9 Å². The number of sulfonamides is 1. The van der Waals surface area contributed by atoms with Gasteiger partial charge in [-0.2, -0.15) is 4.72 Å². The molecule has 5 nitrogen and oxygen atoms in total. The zero-order valence-corrected chi connectivity index (χ0v) is 14.4. The molecule has 1 amide bonds. The van der Waals surface area contributed by atoms with Gasteiger partial charge in [-0.1, -0.05) is 24.1 Å². The van der Waals surface area contributed by atoms with Crippen LogP contribution >= 0.6 is 0 Å². The van der Waals surface area contributed by atoms with Crippen LogP contribution in [0.5, 0.6) is 0 Å². The first kappa shape index (κ1) is 18.6. The Labute approximate surface area is 146 Å². The maximum Gasteiger partial charge on any atom is 0.253 e. The Morgan fingerprint density at radius 1 is 1.24 bits per heavy atom. The van der Waals surface area contributed by atoms with Crippen molar-refractivity contribution >= 4 is 15.9 Å². The largest absolute Gasteiger partial charge is 0.337 e. The summed E-state index contributed by atoms with van der Waals surface area (Å²) < 4.78 is 39.4. The third-order valence-electron chi connectivity index (χ3n) is 3.44. The number of hydrogen-bond acceptors (Lipinski definition) is 3. The normalized spacial score (nSPS) is 10.9. The molecule has 1 N–H and O–H groups in total. The highest BCUT2D eigenvalue weighted by Gasteiger charge is 2.17. The number of carbonyl (C=O) groups excluding carboxylic acids is 1. The maximum absolute atomic E-state index is 12.9. The molecule has 0 spiro atoms. The summed E-state index contributed by atoms with van der Waals surface area (Å²) in [6.45, 7) is 0.135. The highest BCUT2D eigenvalue weighted by Crippen LogP contribution is 2.14. The number of rotatable bonds is 6.